The molecule has 0 amide bonds. The Morgan fingerprint density at radius 2 is 2.06 bits per heavy atom. The molecule has 3 heteroatoms. The summed E-state index contributed by atoms with van der Waals surface area (Å²) in [5.74, 6) is -0.133. The minimum absolute atomic E-state index is 0.133. The smallest absolute Gasteiger partial charge is 0.146 e. The second-order valence-electron chi connectivity index (χ2n) is 5.19. The summed E-state index contributed by atoms with van der Waals surface area (Å²) >= 11 is 0. The van der Waals surface area contributed by atoms with Crippen molar-refractivity contribution in [1.82, 2.24) is 4.90 Å². The van der Waals surface area contributed by atoms with Gasteiger partial charge in [-0.15, -0.1) is 0 Å². The van der Waals surface area contributed by atoms with Crippen LogP contribution in [0.1, 0.15) is 31.7 Å². The van der Waals surface area contributed by atoms with Crippen LogP contribution in [-0.2, 0) is 0 Å². The van der Waals surface area contributed by atoms with Gasteiger partial charge in [0.05, 0.1) is 5.69 Å². The second kappa shape index (κ2) is 6.19. The van der Waals surface area contributed by atoms with Crippen molar-refractivity contribution < 1.29 is 4.39 Å². The Labute approximate surface area is 109 Å². The third-order valence-corrected chi connectivity index (χ3v) is 3.70. The van der Waals surface area contributed by atoms with Crippen molar-refractivity contribution in [2.45, 2.75) is 39.2 Å². The Bertz CT molecular complexity index is 364. The first-order valence-electron chi connectivity index (χ1n) is 6.94. The maximum Gasteiger partial charge on any atom is 0.146 e. The van der Waals surface area contributed by atoms with Crippen molar-refractivity contribution in [3.8, 4) is 0 Å². The number of rotatable bonds is 4. The molecule has 1 aromatic carbocycles. The fraction of sp³-hybridized carbons (Fsp3) is 0.600. The van der Waals surface area contributed by atoms with Gasteiger partial charge in [-0.1, -0.05) is 19.1 Å². The van der Waals surface area contributed by atoms with Crippen LogP contribution in [-0.4, -0.2) is 30.6 Å². The molecule has 1 heterocycles. The van der Waals surface area contributed by atoms with E-state index in [1.54, 1.807) is 6.07 Å². The lowest BCUT2D eigenvalue weighted by molar-refractivity contribution is 0.219. The van der Waals surface area contributed by atoms with Gasteiger partial charge in [0.15, 0.2) is 0 Å². The third kappa shape index (κ3) is 3.22. The molecule has 0 radical (unpaired) electrons. The van der Waals surface area contributed by atoms with Crippen LogP contribution in [0.3, 0.4) is 0 Å². The lowest BCUT2D eigenvalue weighted by Crippen LogP contribution is -2.39. The van der Waals surface area contributed by atoms with Crippen LogP contribution in [0, 0.1) is 12.7 Å². The molecule has 1 N–H and O–H groups in total. The van der Waals surface area contributed by atoms with E-state index in [0.29, 0.717) is 11.7 Å². The summed E-state index contributed by atoms with van der Waals surface area (Å²) in [6.07, 6.45) is 3.42. The molecule has 1 aliphatic heterocycles. The number of halogens is 1. The van der Waals surface area contributed by atoms with E-state index in [4.69, 9.17) is 0 Å². The highest BCUT2D eigenvalue weighted by Gasteiger charge is 2.19. The quantitative estimate of drug-likeness (QED) is 0.881. The highest BCUT2D eigenvalue weighted by Crippen LogP contribution is 2.22. The molecule has 0 bridgehead atoms. The Balaban J connectivity index is 1.92. The maximum atomic E-state index is 13.7. The summed E-state index contributed by atoms with van der Waals surface area (Å²) in [7, 11) is 0. The van der Waals surface area contributed by atoms with Crippen molar-refractivity contribution in [2.75, 3.05) is 25.0 Å². The molecule has 0 unspecified atom stereocenters. The molecule has 18 heavy (non-hydrogen) atoms. The first-order chi connectivity index (χ1) is 8.70. The van der Waals surface area contributed by atoms with E-state index in [-0.39, 0.29) is 5.82 Å². The maximum absolute atomic E-state index is 13.7. The van der Waals surface area contributed by atoms with Crippen LogP contribution in [0.5, 0.6) is 0 Å². The number of nitrogens with one attached hydrogen (secondary N) is 1. The van der Waals surface area contributed by atoms with E-state index >= 15 is 0 Å². The zero-order chi connectivity index (χ0) is 13.0. The lowest BCUT2D eigenvalue weighted by atomic mass is 10.0. The van der Waals surface area contributed by atoms with Crippen molar-refractivity contribution in [3.63, 3.8) is 0 Å². The molecule has 0 saturated carbocycles. The molecule has 0 aliphatic carbocycles. The van der Waals surface area contributed by atoms with Crippen LogP contribution >= 0.6 is 0 Å². The van der Waals surface area contributed by atoms with Crippen LogP contribution in [0.15, 0.2) is 18.2 Å². The number of benzene rings is 1. The summed E-state index contributed by atoms with van der Waals surface area (Å²) in [5.41, 5.74) is 1.68. The predicted molar refractivity (Wildman–Crippen MR) is 74.5 cm³/mol. The van der Waals surface area contributed by atoms with E-state index in [1.807, 2.05) is 13.0 Å². The Morgan fingerprint density at radius 3 is 2.67 bits per heavy atom. The van der Waals surface area contributed by atoms with Gasteiger partial charge >= 0.3 is 0 Å². The van der Waals surface area contributed by atoms with Gasteiger partial charge in [0, 0.05) is 19.1 Å². The monoisotopic (exact) mass is 250 g/mol. The average Bonchev–Trinajstić information content (AvgIpc) is 2.36. The highest BCUT2D eigenvalue weighted by atomic mass is 19.1. The van der Waals surface area contributed by atoms with Crippen LogP contribution in [0.25, 0.3) is 0 Å². The number of nitrogens with zero attached hydrogens (tertiary/aromatic N) is 1. The molecule has 100 valence electrons. The van der Waals surface area contributed by atoms with Gasteiger partial charge in [0.2, 0.25) is 0 Å². The molecule has 1 aromatic rings. The van der Waals surface area contributed by atoms with E-state index < -0.39 is 0 Å². The van der Waals surface area contributed by atoms with Gasteiger partial charge in [-0.2, -0.15) is 0 Å². The summed E-state index contributed by atoms with van der Waals surface area (Å²) in [6, 6.07) is 5.66. The fourth-order valence-corrected chi connectivity index (χ4v) is 2.64. The normalized spacial score (nSPS) is 17.9. The Hall–Kier alpha value is -1.09. The Morgan fingerprint density at radius 1 is 1.33 bits per heavy atom. The number of hydrogen-bond donors (Lipinski definition) is 1. The largest absolute Gasteiger partial charge is 0.380 e. The molecule has 2 rings (SSSR count). The lowest BCUT2D eigenvalue weighted by Gasteiger charge is -2.33. The van der Waals surface area contributed by atoms with Crippen molar-refractivity contribution >= 4 is 5.69 Å². The Kier molecular flexibility index (Phi) is 4.59. The zero-order valence-electron chi connectivity index (χ0n) is 11.4. The molecule has 0 aromatic heterocycles. The molecule has 1 fully saturated rings. The number of piperidine rings is 1. The average molecular weight is 250 g/mol. The van der Waals surface area contributed by atoms with Gasteiger partial charge in [0.25, 0.3) is 0 Å². The first-order valence-corrected chi connectivity index (χ1v) is 6.94. The van der Waals surface area contributed by atoms with E-state index in [0.717, 1.165) is 31.5 Å². The van der Waals surface area contributed by atoms with Crippen molar-refractivity contribution in [2.24, 2.45) is 0 Å². The van der Waals surface area contributed by atoms with Gasteiger partial charge in [-0.25, -0.2) is 4.39 Å². The van der Waals surface area contributed by atoms with Gasteiger partial charge in [-0.3, -0.25) is 0 Å². The van der Waals surface area contributed by atoms with E-state index in [9.17, 15) is 4.39 Å². The number of hydrogen-bond acceptors (Lipinski definition) is 2. The van der Waals surface area contributed by atoms with Crippen LogP contribution in [0.4, 0.5) is 10.1 Å². The van der Waals surface area contributed by atoms with Gasteiger partial charge in [0.1, 0.15) is 5.82 Å². The third-order valence-electron chi connectivity index (χ3n) is 3.70. The predicted octanol–water partition coefficient (Wildman–Crippen LogP) is 3.42. The fourth-order valence-electron chi connectivity index (χ4n) is 2.64. The molecule has 1 aliphatic rings. The minimum Gasteiger partial charge on any atom is -0.380 e. The van der Waals surface area contributed by atoms with Crippen molar-refractivity contribution in [1.29, 1.82) is 0 Å². The van der Waals surface area contributed by atoms with Crippen LogP contribution < -0.4 is 5.32 Å². The summed E-state index contributed by atoms with van der Waals surface area (Å²) in [5, 5.41) is 3.38. The molecule has 1 saturated heterocycles. The van der Waals surface area contributed by atoms with Gasteiger partial charge < -0.3 is 10.2 Å². The number of likely N-dealkylation sites (tertiary alicyclic amines) is 1. The summed E-state index contributed by atoms with van der Waals surface area (Å²) in [4.78, 5) is 2.49. The molecular weight excluding hydrogens is 227 g/mol. The molecular formula is C15H23FN2. The summed E-state index contributed by atoms with van der Waals surface area (Å²) in [6.45, 7) is 7.61. The standard InChI is InChI=1S/C15H23FN2/c1-3-9-18-10-7-13(8-11-18)17-15-12(2)5-4-6-14(15)16/h4-6,13,17H,3,7-11H2,1-2H3. The first kappa shape index (κ1) is 13.3. The number of anilines is 1. The number of aryl methyl sites for hydroxylation is 1. The summed E-state index contributed by atoms with van der Waals surface area (Å²) < 4.78 is 13.7. The van der Waals surface area contributed by atoms with Gasteiger partial charge in [-0.05, 0) is 44.4 Å². The minimum atomic E-state index is -0.133. The van der Waals surface area contributed by atoms with Crippen molar-refractivity contribution in [3.05, 3.63) is 29.6 Å². The van der Waals surface area contributed by atoms with Crippen LogP contribution in [0.2, 0.25) is 0 Å². The molecule has 0 atom stereocenters. The highest BCUT2D eigenvalue weighted by molar-refractivity contribution is 5.52. The number of para-hydroxylation sites is 1. The zero-order valence-corrected chi connectivity index (χ0v) is 11.4. The molecule has 2 nitrogen and oxygen atoms in total. The topological polar surface area (TPSA) is 15.3 Å². The SMILES string of the molecule is CCCN1CCC(Nc2c(C)cccc2F)CC1. The van der Waals surface area contributed by atoms with E-state index in [2.05, 4.69) is 17.1 Å². The molecule has 0 spiro atoms. The second-order valence-corrected chi connectivity index (χ2v) is 5.19. The van der Waals surface area contributed by atoms with E-state index in [1.165, 1.54) is 19.0 Å².